The largest absolute Gasteiger partial charge is 0.478 e. The monoisotopic (exact) mass is 282 g/mol. The van der Waals surface area contributed by atoms with Crippen LogP contribution in [0.15, 0.2) is 18.2 Å². The van der Waals surface area contributed by atoms with Crippen molar-refractivity contribution < 1.29 is 14.7 Å². The van der Waals surface area contributed by atoms with Crippen LogP contribution < -0.4 is 5.32 Å². The number of amides is 1. The normalized spacial score (nSPS) is 19.4. The summed E-state index contributed by atoms with van der Waals surface area (Å²) < 4.78 is 0. The van der Waals surface area contributed by atoms with Crippen molar-refractivity contribution in [2.75, 3.05) is 25.5 Å². The van der Waals surface area contributed by atoms with Crippen LogP contribution in [0.1, 0.15) is 16.8 Å². The Hall–Kier alpha value is -1.59. The van der Waals surface area contributed by atoms with E-state index in [9.17, 15) is 9.59 Å². The average molecular weight is 283 g/mol. The number of rotatable bonds is 3. The molecule has 1 amide bonds. The van der Waals surface area contributed by atoms with E-state index in [0.29, 0.717) is 5.69 Å². The molecule has 0 spiro atoms. The second-order valence-electron chi connectivity index (χ2n) is 4.74. The van der Waals surface area contributed by atoms with Crippen molar-refractivity contribution in [2.24, 2.45) is 5.92 Å². The molecule has 1 aromatic rings. The molecule has 0 saturated carbocycles. The number of carboxylic acid groups (broad SMARTS) is 1. The van der Waals surface area contributed by atoms with Gasteiger partial charge in [-0.25, -0.2) is 4.79 Å². The predicted octanol–water partition coefficient (Wildman–Crippen LogP) is 1.93. The van der Waals surface area contributed by atoms with Crippen LogP contribution in [0.25, 0.3) is 0 Å². The average Bonchev–Trinajstić information content (AvgIpc) is 2.78. The maximum Gasteiger partial charge on any atom is 0.337 e. The van der Waals surface area contributed by atoms with E-state index in [1.807, 2.05) is 7.05 Å². The van der Waals surface area contributed by atoms with Crippen molar-refractivity contribution in [3.8, 4) is 0 Å². The van der Waals surface area contributed by atoms with Gasteiger partial charge in [0.15, 0.2) is 0 Å². The third-order valence-corrected chi connectivity index (χ3v) is 3.56. The number of carboxylic acids is 1. The van der Waals surface area contributed by atoms with Crippen molar-refractivity contribution in [2.45, 2.75) is 6.42 Å². The zero-order valence-corrected chi connectivity index (χ0v) is 11.3. The third-order valence-electron chi connectivity index (χ3n) is 3.23. The van der Waals surface area contributed by atoms with Crippen LogP contribution in [0.4, 0.5) is 5.69 Å². The number of anilines is 1. The number of likely N-dealkylation sites (tertiary alicyclic amines) is 1. The van der Waals surface area contributed by atoms with Crippen molar-refractivity contribution in [3.63, 3.8) is 0 Å². The van der Waals surface area contributed by atoms with Crippen LogP contribution in [0, 0.1) is 5.92 Å². The molecule has 2 N–H and O–H groups in total. The van der Waals surface area contributed by atoms with Gasteiger partial charge in [0, 0.05) is 12.2 Å². The molecule has 1 aliphatic heterocycles. The lowest BCUT2D eigenvalue weighted by molar-refractivity contribution is -0.119. The molecule has 1 heterocycles. The molecular weight excluding hydrogens is 268 g/mol. The van der Waals surface area contributed by atoms with Gasteiger partial charge in [-0.2, -0.15) is 0 Å². The summed E-state index contributed by atoms with van der Waals surface area (Å²) in [6.07, 6.45) is 0.821. The standard InChI is InChI=1S/C13H15ClN2O3/c1-16-5-4-8(7-16)12(17)15-9-2-3-11(14)10(6-9)13(18)19/h2-3,6,8H,4-5,7H2,1H3,(H,15,17)(H,18,19). The van der Waals surface area contributed by atoms with Gasteiger partial charge >= 0.3 is 5.97 Å². The molecule has 1 atom stereocenters. The van der Waals surface area contributed by atoms with Gasteiger partial charge in [0.1, 0.15) is 0 Å². The molecular formula is C13H15ClN2O3. The number of benzene rings is 1. The Labute approximate surface area is 116 Å². The molecule has 1 aromatic carbocycles. The summed E-state index contributed by atoms with van der Waals surface area (Å²) in [4.78, 5) is 25.1. The lowest BCUT2D eigenvalue weighted by Gasteiger charge is -2.12. The second-order valence-corrected chi connectivity index (χ2v) is 5.14. The zero-order valence-electron chi connectivity index (χ0n) is 10.5. The van der Waals surface area contributed by atoms with Gasteiger partial charge < -0.3 is 15.3 Å². The Kier molecular flexibility index (Phi) is 4.07. The number of hydrogen-bond donors (Lipinski definition) is 2. The highest BCUT2D eigenvalue weighted by molar-refractivity contribution is 6.33. The van der Waals surface area contributed by atoms with Crippen LogP contribution in [0.2, 0.25) is 5.02 Å². The topological polar surface area (TPSA) is 69.6 Å². The summed E-state index contributed by atoms with van der Waals surface area (Å²) >= 11 is 5.77. The van der Waals surface area contributed by atoms with Gasteiger partial charge in [0.05, 0.1) is 16.5 Å². The molecule has 0 aromatic heterocycles. The van der Waals surface area contributed by atoms with E-state index in [2.05, 4.69) is 10.2 Å². The minimum Gasteiger partial charge on any atom is -0.478 e. The Morgan fingerprint density at radius 1 is 1.47 bits per heavy atom. The SMILES string of the molecule is CN1CCC(C(=O)Nc2ccc(Cl)c(C(=O)O)c2)C1. The highest BCUT2D eigenvalue weighted by Crippen LogP contribution is 2.22. The molecule has 19 heavy (non-hydrogen) atoms. The van der Waals surface area contributed by atoms with Gasteiger partial charge in [-0.3, -0.25) is 4.79 Å². The molecule has 1 unspecified atom stereocenters. The van der Waals surface area contributed by atoms with Gasteiger partial charge in [0.2, 0.25) is 5.91 Å². The highest BCUT2D eigenvalue weighted by Gasteiger charge is 2.26. The number of carbonyl (C=O) groups excluding carboxylic acids is 1. The molecule has 1 aliphatic rings. The summed E-state index contributed by atoms with van der Waals surface area (Å²) in [6.45, 7) is 1.63. The van der Waals surface area contributed by atoms with E-state index >= 15 is 0 Å². The number of aromatic carboxylic acids is 1. The predicted molar refractivity (Wildman–Crippen MR) is 72.6 cm³/mol. The number of halogens is 1. The van der Waals surface area contributed by atoms with Gasteiger partial charge in [-0.1, -0.05) is 11.6 Å². The van der Waals surface area contributed by atoms with Crippen LogP contribution in [-0.2, 0) is 4.79 Å². The van der Waals surface area contributed by atoms with E-state index in [1.165, 1.54) is 12.1 Å². The van der Waals surface area contributed by atoms with Crippen LogP contribution >= 0.6 is 11.6 Å². The molecule has 102 valence electrons. The summed E-state index contributed by atoms with van der Waals surface area (Å²) in [5.41, 5.74) is 0.448. The molecule has 5 nitrogen and oxygen atoms in total. The lowest BCUT2D eigenvalue weighted by atomic mass is 10.1. The number of carbonyl (C=O) groups is 2. The van der Waals surface area contributed by atoms with E-state index in [0.717, 1.165) is 19.5 Å². The van der Waals surface area contributed by atoms with Gasteiger partial charge in [-0.15, -0.1) is 0 Å². The van der Waals surface area contributed by atoms with Crippen LogP contribution in [0.3, 0.4) is 0 Å². The van der Waals surface area contributed by atoms with E-state index in [1.54, 1.807) is 6.07 Å². The molecule has 2 rings (SSSR count). The molecule has 1 fully saturated rings. The fraction of sp³-hybridized carbons (Fsp3) is 0.385. The number of nitrogens with zero attached hydrogens (tertiary/aromatic N) is 1. The number of hydrogen-bond acceptors (Lipinski definition) is 3. The Morgan fingerprint density at radius 3 is 2.79 bits per heavy atom. The molecule has 0 radical (unpaired) electrons. The van der Waals surface area contributed by atoms with Crippen LogP contribution in [-0.4, -0.2) is 42.0 Å². The summed E-state index contributed by atoms with van der Waals surface area (Å²) in [5, 5.41) is 11.9. The zero-order chi connectivity index (χ0) is 14.0. The van der Waals surface area contributed by atoms with Crippen molar-refractivity contribution in [1.29, 1.82) is 0 Å². The maximum atomic E-state index is 12.0. The second kappa shape index (κ2) is 5.59. The maximum absolute atomic E-state index is 12.0. The number of nitrogens with one attached hydrogen (secondary N) is 1. The van der Waals surface area contributed by atoms with Crippen molar-refractivity contribution in [1.82, 2.24) is 4.90 Å². The van der Waals surface area contributed by atoms with Gasteiger partial charge in [0.25, 0.3) is 0 Å². The van der Waals surface area contributed by atoms with Crippen molar-refractivity contribution >= 4 is 29.2 Å². The first-order valence-electron chi connectivity index (χ1n) is 5.99. The molecule has 0 bridgehead atoms. The molecule has 6 heteroatoms. The van der Waals surface area contributed by atoms with Crippen molar-refractivity contribution in [3.05, 3.63) is 28.8 Å². The molecule has 1 saturated heterocycles. The first-order valence-corrected chi connectivity index (χ1v) is 6.37. The third kappa shape index (κ3) is 3.24. The Morgan fingerprint density at radius 2 is 2.21 bits per heavy atom. The fourth-order valence-electron chi connectivity index (χ4n) is 2.16. The minimum absolute atomic E-state index is 0.0111. The Balaban J connectivity index is 2.09. The smallest absolute Gasteiger partial charge is 0.337 e. The van der Waals surface area contributed by atoms with Crippen LogP contribution in [0.5, 0.6) is 0 Å². The summed E-state index contributed by atoms with van der Waals surface area (Å²) in [5.74, 6) is -1.24. The van der Waals surface area contributed by atoms with E-state index in [-0.39, 0.29) is 22.4 Å². The highest BCUT2D eigenvalue weighted by atomic mass is 35.5. The van der Waals surface area contributed by atoms with Gasteiger partial charge in [-0.05, 0) is 38.2 Å². The molecule has 0 aliphatic carbocycles. The summed E-state index contributed by atoms with van der Waals surface area (Å²) in [6, 6.07) is 4.45. The minimum atomic E-state index is -1.11. The fourth-order valence-corrected chi connectivity index (χ4v) is 2.36. The lowest BCUT2D eigenvalue weighted by Crippen LogP contribution is -2.25. The van der Waals surface area contributed by atoms with E-state index < -0.39 is 5.97 Å². The Bertz CT molecular complexity index is 519. The quantitative estimate of drug-likeness (QED) is 0.889. The summed E-state index contributed by atoms with van der Waals surface area (Å²) in [7, 11) is 1.97. The van der Waals surface area contributed by atoms with E-state index in [4.69, 9.17) is 16.7 Å². The first-order chi connectivity index (χ1) is 8.97. The first kappa shape index (κ1) is 13.8.